The molecule has 2 aromatic heterocycles. The van der Waals surface area contributed by atoms with Crippen molar-refractivity contribution in [3.05, 3.63) is 83.6 Å². The number of esters is 1. The van der Waals surface area contributed by atoms with Crippen LogP contribution < -0.4 is 4.74 Å². The molecule has 0 bridgehead atoms. The van der Waals surface area contributed by atoms with Crippen LogP contribution in [0.3, 0.4) is 0 Å². The van der Waals surface area contributed by atoms with E-state index in [2.05, 4.69) is 10.1 Å². The Morgan fingerprint density at radius 3 is 2.58 bits per heavy atom. The third kappa shape index (κ3) is 5.30. The Bertz CT molecular complexity index is 1260. The summed E-state index contributed by atoms with van der Waals surface area (Å²) in [6.07, 6.45) is 3.00. The molecule has 0 unspecified atom stereocenters. The summed E-state index contributed by atoms with van der Waals surface area (Å²) >= 11 is 5.84. The molecular weight excluding hydrogens is 444 g/mol. The summed E-state index contributed by atoms with van der Waals surface area (Å²) in [6, 6.07) is 18.4. The number of carbonyl (C=O) groups is 2. The van der Waals surface area contributed by atoms with Crippen LogP contribution in [0.1, 0.15) is 10.4 Å². The first-order chi connectivity index (χ1) is 16.0. The van der Waals surface area contributed by atoms with Crippen LogP contribution in [0.4, 0.5) is 0 Å². The molecule has 0 aliphatic rings. The van der Waals surface area contributed by atoms with E-state index >= 15 is 0 Å². The van der Waals surface area contributed by atoms with E-state index in [-0.39, 0.29) is 18.1 Å². The van der Waals surface area contributed by atoms with Gasteiger partial charge in [0.05, 0.1) is 18.4 Å². The fourth-order valence-electron chi connectivity index (χ4n) is 3.13. The number of hydrogen-bond acceptors (Lipinski definition) is 6. The largest absolute Gasteiger partial charge is 0.492 e. The zero-order valence-corrected chi connectivity index (χ0v) is 18.6. The van der Waals surface area contributed by atoms with Crippen molar-refractivity contribution in [3.8, 4) is 17.0 Å². The Labute approximate surface area is 195 Å². The van der Waals surface area contributed by atoms with Crippen LogP contribution >= 0.6 is 11.6 Å². The van der Waals surface area contributed by atoms with E-state index < -0.39 is 12.6 Å². The van der Waals surface area contributed by atoms with E-state index in [1.807, 2.05) is 36.4 Å². The number of aromatic nitrogens is 3. The molecule has 4 rings (SSSR count). The molecule has 0 aliphatic carbocycles. The number of carbonyl (C=O) groups excluding carboxylic acids is 2. The Morgan fingerprint density at radius 2 is 1.82 bits per heavy atom. The number of rotatable bonds is 8. The van der Waals surface area contributed by atoms with Crippen molar-refractivity contribution in [2.75, 3.05) is 26.8 Å². The lowest BCUT2D eigenvalue weighted by Gasteiger charge is -2.17. The molecule has 0 fully saturated rings. The molecule has 0 saturated carbocycles. The van der Waals surface area contributed by atoms with Crippen LogP contribution in [0.25, 0.3) is 16.9 Å². The van der Waals surface area contributed by atoms with E-state index in [1.165, 1.54) is 11.1 Å². The maximum atomic E-state index is 12.6. The van der Waals surface area contributed by atoms with Gasteiger partial charge in [0.2, 0.25) is 0 Å². The third-order valence-corrected chi connectivity index (χ3v) is 5.20. The van der Waals surface area contributed by atoms with Crippen molar-refractivity contribution in [2.24, 2.45) is 0 Å². The predicted octanol–water partition coefficient (Wildman–Crippen LogP) is 3.74. The highest BCUT2D eigenvalue weighted by Gasteiger charge is 2.19. The van der Waals surface area contributed by atoms with Gasteiger partial charge >= 0.3 is 5.97 Å². The minimum atomic E-state index is -0.665. The molecule has 4 aromatic rings. The lowest BCUT2D eigenvalue weighted by Crippen LogP contribution is -2.34. The van der Waals surface area contributed by atoms with Gasteiger partial charge < -0.3 is 14.4 Å². The maximum absolute atomic E-state index is 12.6. The summed E-state index contributed by atoms with van der Waals surface area (Å²) in [5, 5.41) is 4.91. The van der Waals surface area contributed by atoms with Crippen LogP contribution in [-0.2, 0) is 9.53 Å². The Hall–Kier alpha value is -3.91. The average Bonchev–Trinajstić information content (AvgIpc) is 3.28. The van der Waals surface area contributed by atoms with Crippen LogP contribution in [0.5, 0.6) is 5.75 Å². The van der Waals surface area contributed by atoms with E-state index in [1.54, 1.807) is 42.0 Å². The Balaban J connectivity index is 1.33. The maximum Gasteiger partial charge on any atom is 0.344 e. The van der Waals surface area contributed by atoms with Gasteiger partial charge in [0.15, 0.2) is 12.3 Å². The molecule has 2 aromatic carbocycles. The van der Waals surface area contributed by atoms with Crippen LogP contribution in [0, 0.1) is 0 Å². The van der Waals surface area contributed by atoms with Gasteiger partial charge in [-0.05, 0) is 30.3 Å². The highest BCUT2D eigenvalue weighted by Crippen LogP contribution is 2.21. The first-order valence-corrected chi connectivity index (χ1v) is 10.6. The zero-order chi connectivity index (χ0) is 23.2. The summed E-state index contributed by atoms with van der Waals surface area (Å²) in [7, 11) is 1.62. The minimum Gasteiger partial charge on any atom is -0.492 e. The molecule has 0 saturated heterocycles. The third-order valence-electron chi connectivity index (χ3n) is 4.95. The van der Waals surface area contributed by atoms with Gasteiger partial charge in [0.1, 0.15) is 17.9 Å². The first-order valence-electron chi connectivity index (χ1n) is 10.2. The van der Waals surface area contributed by atoms with Crippen molar-refractivity contribution in [3.63, 3.8) is 0 Å². The quantitative estimate of drug-likeness (QED) is 0.369. The molecule has 2 heterocycles. The topological polar surface area (TPSA) is 86.0 Å². The van der Waals surface area contributed by atoms with Crippen molar-refractivity contribution in [1.82, 2.24) is 19.5 Å². The zero-order valence-electron chi connectivity index (χ0n) is 17.8. The Morgan fingerprint density at radius 1 is 1.06 bits per heavy atom. The molecule has 0 radical (unpaired) electrons. The number of fused-ring (bicyclic) bond motifs is 1. The molecule has 9 heteroatoms. The van der Waals surface area contributed by atoms with Crippen molar-refractivity contribution in [1.29, 1.82) is 0 Å². The molecular formula is C24H21ClN4O4. The normalized spacial score (nSPS) is 10.7. The van der Waals surface area contributed by atoms with Crippen molar-refractivity contribution >= 4 is 29.1 Å². The van der Waals surface area contributed by atoms with Gasteiger partial charge in [-0.25, -0.2) is 14.3 Å². The van der Waals surface area contributed by atoms with E-state index in [4.69, 9.17) is 21.1 Å². The average molecular weight is 465 g/mol. The van der Waals surface area contributed by atoms with Gasteiger partial charge in [-0.2, -0.15) is 5.10 Å². The molecule has 0 spiro atoms. The van der Waals surface area contributed by atoms with Crippen LogP contribution in [0.15, 0.2) is 73.1 Å². The smallest absolute Gasteiger partial charge is 0.344 e. The lowest BCUT2D eigenvalue weighted by molar-refractivity contribution is -0.133. The van der Waals surface area contributed by atoms with Gasteiger partial charge in [-0.3, -0.25) is 4.79 Å². The van der Waals surface area contributed by atoms with E-state index in [9.17, 15) is 9.59 Å². The Kier molecular flexibility index (Phi) is 6.85. The molecule has 0 N–H and O–H groups in total. The summed E-state index contributed by atoms with van der Waals surface area (Å²) < 4.78 is 12.4. The highest BCUT2D eigenvalue weighted by atomic mass is 35.5. The van der Waals surface area contributed by atoms with Crippen molar-refractivity contribution < 1.29 is 19.1 Å². The fourth-order valence-corrected chi connectivity index (χ4v) is 3.26. The van der Waals surface area contributed by atoms with Gasteiger partial charge in [-0.15, -0.1) is 0 Å². The summed E-state index contributed by atoms with van der Waals surface area (Å²) in [5.74, 6) is -0.360. The number of ether oxygens (including phenoxy) is 2. The molecule has 33 heavy (non-hydrogen) atoms. The number of hydrogen-bond donors (Lipinski definition) is 0. The fraction of sp³-hybridized carbons (Fsp3) is 0.167. The summed E-state index contributed by atoms with van der Waals surface area (Å²) in [6.45, 7) is 0.224. The monoisotopic (exact) mass is 464 g/mol. The molecule has 168 valence electrons. The number of halogens is 1. The van der Waals surface area contributed by atoms with Gasteiger partial charge in [-0.1, -0.05) is 41.9 Å². The second-order valence-corrected chi connectivity index (χ2v) is 7.62. The van der Waals surface area contributed by atoms with Crippen LogP contribution in [0.2, 0.25) is 5.02 Å². The van der Waals surface area contributed by atoms with E-state index in [0.717, 1.165) is 11.3 Å². The molecule has 1 amide bonds. The second kappa shape index (κ2) is 10.1. The first kappa shape index (κ1) is 22.3. The van der Waals surface area contributed by atoms with Crippen molar-refractivity contribution in [2.45, 2.75) is 0 Å². The summed E-state index contributed by atoms with van der Waals surface area (Å²) in [5.41, 5.74) is 2.27. The lowest BCUT2D eigenvalue weighted by atomic mass is 10.1. The van der Waals surface area contributed by atoms with Gasteiger partial charge in [0.25, 0.3) is 5.91 Å². The number of benzene rings is 2. The molecule has 0 atom stereocenters. The number of nitrogens with zero attached hydrogens (tertiary/aromatic N) is 4. The number of amides is 1. The van der Waals surface area contributed by atoms with Crippen LogP contribution in [-0.4, -0.2) is 58.2 Å². The highest BCUT2D eigenvalue weighted by molar-refractivity contribution is 6.30. The minimum absolute atomic E-state index is 0.189. The standard InChI is InChI=1S/C24H21ClN4O4/c1-28(13-14-32-19-9-7-18(25)8-10-19)22(30)16-33-24(31)20-15-27-29-21(11-12-26-23(20)29)17-5-3-2-4-6-17/h2-12,15H,13-14,16H2,1H3. The summed E-state index contributed by atoms with van der Waals surface area (Å²) in [4.78, 5) is 30.6. The van der Waals surface area contributed by atoms with Gasteiger partial charge in [0, 0.05) is 23.8 Å². The second-order valence-electron chi connectivity index (χ2n) is 7.18. The molecule has 0 aliphatic heterocycles. The molecule has 8 nitrogen and oxygen atoms in total. The predicted molar refractivity (Wildman–Crippen MR) is 123 cm³/mol. The van der Waals surface area contributed by atoms with E-state index in [0.29, 0.717) is 23.0 Å². The number of likely N-dealkylation sites (N-methyl/N-ethyl adjacent to an activating group) is 1. The SMILES string of the molecule is CN(CCOc1ccc(Cl)cc1)C(=O)COC(=O)c1cnn2c(-c3ccccc3)ccnc12.